The van der Waals surface area contributed by atoms with Gasteiger partial charge in [-0.25, -0.2) is 4.98 Å². The van der Waals surface area contributed by atoms with Gasteiger partial charge in [0.2, 0.25) is 5.91 Å². The first kappa shape index (κ1) is 22.5. The summed E-state index contributed by atoms with van der Waals surface area (Å²) in [6.07, 6.45) is 3.99. The number of hydrogen-bond acceptors (Lipinski definition) is 4. The van der Waals surface area contributed by atoms with Gasteiger partial charge in [-0.3, -0.25) is 4.79 Å². The molecule has 34 heavy (non-hydrogen) atoms. The topological polar surface area (TPSA) is 80.0 Å². The molecule has 2 aromatic rings. The van der Waals surface area contributed by atoms with Crippen LogP contribution in [0.15, 0.2) is 48.2 Å². The number of anilines is 1. The Hall–Kier alpha value is -3.29. The van der Waals surface area contributed by atoms with Gasteiger partial charge in [0.1, 0.15) is 0 Å². The number of fused-ring (bicyclic) bond motifs is 3. The molecule has 2 saturated carbocycles. The summed E-state index contributed by atoms with van der Waals surface area (Å²) in [5, 5.41) is 7.48. The Labute approximate surface area is 196 Å². The van der Waals surface area contributed by atoms with Crippen molar-refractivity contribution in [2.75, 3.05) is 11.9 Å². The van der Waals surface area contributed by atoms with Gasteiger partial charge >= 0.3 is 6.18 Å². The van der Waals surface area contributed by atoms with Crippen LogP contribution in [0.25, 0.3) is 22.4 Å². The van der Waals surface area contributed by atoms with Crippen LogP contribution >= 0.6 is 0 Å². The van der Waals surface area contributed by atoms with Crippen LogP contribution in [-0.2, 0) is 4.79 Å². The molecule has 0 atom stereocenters. The van der Waals surface area contributed by atoms with Gasteiger partial charge in [-0.05, 0) is 62.3 Å². The Morgan fingerprint density at radius 1 is 1.26 bits per heavy atom. The van der Waals surface area contributed by atoms with Crippen molar-refractivity contribution in [2.45, 2.75) is 50.2 Å². The second kappa shape index (κ2) is 8.18. The number of nitrogens with zero attached hydrogens (tertiary/aromatic N) is 1. The molecular formula is C26H27F3N4O. The lowest BCUT2D eigenvalue weighted by atomic mass is 9.64. The van der Waals surface area contributed by atoms with Gasteiger partial charge in [0.05, 0.1) is 17.0 Å². The van der Waals surface area contributed by atoms with Gasteiger partial charge in [0, 0.05) is 40.2 Å². The summed E-state index contributed by atoms with van der Waals surface area (Å²) < 4.78 is 40.8. The van der Waals surface area contributed by atoms with E-state index in [1.807, 2.05) is 6.07 Å². The average molecular weight is 469 g/mol. The van der Waals surface area contributed by atoms with Gasteiger partial charge in [-0.15, -0.1) is 0 Å². The molecule has 0 unspecified atom stereocenters. The molecule has 4 N–H and O–H groups in total. The molecule has 1 aromatic carbocycles. The number of nitrogens with one attached hydrogen (secondary N) is 2. The molecule has 4 aliphatic carbocycles. The number of rotatable bonds is 7. The van der Waals surface area contributed by atoms with Crippen LogP contribution in [0, 0.1) is 5.92 Å². The van der Waals surface area contributed by atoms with Gasteiger partial charge in [0.25, 0.3) is 0 Å². The maximum absolute atomic E-state index is 13.6. The summed E-state index contributed by atoms with van der Waals surface area (Å²) in [4.78, 5) is 16.1. The van der Waals surface area contributed by atoms with Crippen molar-refractivity contribution >= 4 is 34.0 Å². The maximum atomic E-state index is 13.6. The summed E-state index contributed by atoms with van der Waals surface area (Å²) in [5.41, 5.74) is 8.17. The van der Waals surface area contributed by atoms with Crippen molar-refractivity contribution in [3.63, 3.8) is 0 Å². The Kier molecular flexibility index (Phi) is 5.41. The molecule has 1 amide bonds. The fourth-order valence-electron chi connectivity index (χ4n) is 4.84. The number of aromatic nitrogens is 1. The van der Waals surface area contributed by atoms with E-state index in [0.717, 1.165) is 49.9 Å². The summed E-state index contributed by atoms with van der Waals surface area (Å²) in [6, 6.07) is 7.06. The highest BCUT2D eigenvalue weighted by Gasteiger charge is 2.45. The van der Waals surface area contributed by atoms with E-state index in [4.69, 9.17) is 5.73 Å². The Bertz CT molecular complexity index is 1230. The quantitative estimate of drug-likeness (QED) is 0.515. The zero-order valence-corrected chi connectivity index (χ0v) is 18.8. The van der Waals surface area contributed by atoms with Crippen molar-refractivity contribution in [2.24, 2.45) is 11.7 Å². The summed E-state index contributed by atoms with van der Waals surface area (Å²) in [7, 11) is 0. The van der Waals surface area contributed by atoms with Crippen molar-refractivity contribution in [3.05, 3.63) is 59.6 Å². The van der Waals surface area contributed by atoms with Crippen molar-refractivity contribution < 1.29 is 18.0 Å². The standard InChI is InChI=1S/C26H27F3N4O/c1-15(26(27,28)29)23-19-5-2-6-22(33-25-10-9-21(30)17(13-25)14-25)20(19)12-18(32-23)4-3-11-31-24(34)16-7-8-16/h2-6,12,16,33H,1,7-11,13-14,30H2,(H,31,34)/b4-3+. The van der Waals surface area contributed by atoms with Crippen LogP contribution in [0.5, 0.6) is 0 Å². The van der Waals surface area contributed by atoms with Gasteiger partial charge in [0.15, 0.2) is 0 Å². The molecule has 1 aromatic heterocycles. The van der Waals surface area contributed by atoms with Crippen LogP contribution in [-0.4, -0.2) is 29.2 Å². The number of carbonyl (C=O) groups excluding carboxylic acids is 1. The normalized spacial score (nSPS) is 19.3. The van der Waals surface area contributed by atoms with E-state index in [1.165, 1.54) is 5.57 Å². The van der Waals surface area contributed by atoms with Crippen LogP contribution < -0.4 is 16.4 Å². The monoisotopic (exact) mass is 468 g/mol. The fraction of sp³-hybridized carbons (Fsp3) is 0.385. The maximum Gasteiger partial charge on any atom is 0.417 e. The molecule has 5 nitrogen and oxygen atoms in total. The Morgan fingerprint density at radius 3 is 2.68 bits per heavy atom. The molecule has 2 fully saturated rings. The van der Waals surface area contributed by atoms with E-state index in [9.17, 15) is 18.0 Å². The number of nitrogens with two attached hydrogens (primary N) is 1. The SMILES string of the molecule is C=C(c1nc(/C=C/CNC(=O)C2CC2)cc2c(NC34CCC(N)=C(C3)C4)cccc12)C(F)(F)F. The lowest BCUT2D eigenvalue weighted by Crippen LogP contribution is -2.50. The zero-order chi connectivity index (χ0) is 24.1. The number of pyridine rings is 1. The highest BCUT2D eigenvalue weighted by molar-refractivity contribution is 6.01. The molecule has 2 bridgehead atoms. The lowest BCUT2D eigenvalue weighted by Gasteiger charge is -2.50. The summed E-state index contributed by atoms with van der Waals surface area (Å²) >= 11 is 0. The van der Waals surface area contributed by atoms with Crippen LogP contribution in [0.1, 0.15) is 49.9 Å². The van der Waals surface area contributed by atoms with Crippen molar-refractivity contribution in [3.8, 4) is 0 Å². The highest BCUT2D eigenvalue weighted by atomic mass is 19.4. The first-order chi connectivity index (χ1) is 16.2. The molecule has 4 aliphatic rings. The first-order valence-electron chi connectivity index (χ1n) is 11.5. The largest absolute Gasteiger partial charge is 0.417 e. The van der Waals surface area contributed by atoms with Crippen LogP contribution in [0.3, 0.4) is 0 Å². The smallest absolute Gasteiger partial charge is 0.402 e. The first-order valence-corrected chi connectivity index (χ1v) is 11.5. The molecule has 0 spiro atoms. The van der Waals surface area contributed by atoms with Gasteiger partial charge in [-0.2, -0.15) is 13.2 Å². The number of carbonyl (C=O) groups is 1. The summed E-state index contributed by atoms with van der Waals surface area (Å²) in [5.74, 6) is 0.106. The van der Waals surface area contributed by atoms with E-state index < -0.39 is 11.7 Å². The number of alkyl halides is 3. The third-order valence-electron chi connectivity index (χ3n) is 6.98. The van der Waals surface area contributed by atoms with E-state index in [2.05, 4.69) is 22.2 Å². The predicted molar refractivity (Wildman–Crippen MR) is 128 cm³/mol. The minimum Gasteiger partial charge on any atom is -0.402 e. The van der Waals surface area contributed by atoms with Crippen molar-refractivity contribution in [1.29, 1.82) is 0 Å². The van der Waals surface area contributed by atoms with E-state index in [-0.39, 0.29) is 23.1 Å². The number of benzene rings is 1. The second-order valence-corrected chi connectivity index (χ2v) is 9.58. The Morgan fingerprint density at radius 2 is 2.03 bits per heavy atom. The van der Waals surface area contributed by atoms with Crippen molar-refractivity contribution in [1.82, 2.24) is 10.3 Å². The molecule has 6 rings (SSSR count). The fourth-order valence-corrected chi connectivity index (χ4v) is 4.84. The molecule has 0 radical (unpaired) electrons. The number of halogens is 3. The third kappa shape index (κ3) is 4.29. The zero-order valence-electron chi connectivity index (χ0n) is 18.8. The molecule has 8 heteroatoms. The lowest BCUT2D eigenvalue weighted by molar-refractivity contribution is -0.122. The average Bonchev–Trinajstić information content (AvgIpc) is 3.61. The Balaban J connectivity index is 1.48. The summed E-state index contributed by atoms with van der Waals surface area (Å²) in [6.45, 7) is 3.60. The molecule has 0 saturated heterocycles. The van der Waals surface area contributed by atoms with Crippen LogP contribution in [0.2, 0.25) is 0 Å². The number of amides is 1. The molecule has 0 aliphatic heterocycles. The minimum absolute atomic E-state index is 0.00929. The minimum atomic E-state index is -4.60. The number of hydrogen-bond donors (Lipinski definition) is 3. The molecule has 1 heterocycles. The third-order valence-corrected chi connectivity index (χ3v) is 6.98. The molecule has 178 valence electrons. The second-order valence-electron chi connectivity index (χ2n) is 9.58. The van der Waals surface area contributed by atoms with Crippen LogP contribution in [0.4, 0.5) is 18.9 Å². The predicted octanol–water partition coefficient (Wildman–Crippen LogP) is 5.30. The van der Waals surface area contributed by atoms with E-state index >= 15 is 0 Å². The highest BCUT2D eigenvalue weighted by Crippen LogP contribution is 2.49. The number of allylic oxidation sites excluding steroid dienone is 2. The van der Waals surface area contributed by atoms with E-state index in [1.54, 1.807) is 30.4 Å². The molecular weight excluding hydrogens is 441 g/mol. The van der Waals surface area contributed by atoms with Gasteiger partial charge < -0.3 is 16.4 Å². The van der Waals surface area contributed by atoms with Gasteiger partial charge in [-0.1, -0.05) is 24.8 Å². The van der Waals surface area contributed by atoms with E-state index in [0.29, 0.717) is 23.0 Å².